The van der Waals surface area contributed by atoms with Crippen molar-refractivity contribution in [3.63, 3.8) is 0 Å². The van der Waals surface area contributed by atoms with Crippen LogP contribution >= 0.6 is 0 Å². The molecule has 0 saturated heterocycles. The Kier molecular flexibility index (Phi) is 4.78. The van der Waals surface area contributed by atoms with Crippen LogP contribution in [0.3, 0.4) is 0 Å². The van der Waals surface area contributed by atoms with Crippen LogP contribution in [0.25, 0.3) is 0 Å². The van der Waals surface area contributed by atoms with Crippen molar-refractivity contribution in [1.82, 2.24) is 9.80 Å². The van der Waals surface area contributed by atoms with Crippen molar-refractivity contribution < 1.29 is 19.1 Å². The van der Waals surface area contributed by atoms with Crippen molar-refractivity contribution in [2.45, 2.75) is 64.1 Å². The molecule has 3 rings (SSSR count). The van der Waals surface area contributed by atoms with Crippen LogP contribution in [0.1, 0.15) is 67.2 Å². The minimum absolute atomic E-state index is 0.0660. The number of hydrogen-bond donors (Lipinski definition) is 0. The molecule has 1 heterocycles. The second-order valence-corrected chi connectivity index (χ2v) is 8.08. The molecule has 140 valence electrons. The number of nitrogens with zero attached hydrogens (tertiary/aromatic N) is 2. The van der Waals surface area contributed by atoms with Gasteiger partial charge in [0, 0.05) is 19.1 Å². The number of amides is 3. The van der Waals surface area contributed by atoms with Crippen LogP contribution in [0, 0.1) is 0 Å². The number of carbonyl (C=O) groups excluding carboxylic acids is 3. The predicted octanol–water partition coefficient (Wildman–Crippen LogP) is 3.46. The summed E-state index contributed by atoms with van der Waals surface area (Å²) in [5.41, 5.74) is 0.457. The monoisotopic (exact) mass is 358 g/mol. The number of fused-ring (bicyclic) bond motifs is 1. The first-order chi connectivity index (χ1) is 12.2. The van der Waals surface area contributed by atoms with E-state index in [2.05, 4.69) is 0 Å². The first-order valence-corrected chi connectivity index (χ1v) is 9.12. The van der Waals surface area contributed by atoms with Gasteiger partial charge >= 0.3 is 6.09 Å². The van der Waals surface area contributed by atoms with Crippen molar-refractivity contribution in [2.75, 3.05) is 7.05 Å². The predicted molar refractivity (Wildman–Crippen MR) is 97.0 cm³/mol. The van der Waals surface area contributed by atoms with Crippen molar-refractivity contribution in [2.24, 2.45) is 0 Å². The topological polar surface area (TPSA) is 66.9 Å². The van der Waals surface area contributed by atoms with Crippen LogP contribution in [0.5, 0.6) is 0 Å². The normalized spacial score (nSPS) is 23.0. The number of imide groups is 1. The van der Waals surface area contributed by atoms with Gasteiger partial charge in [-0.3, -0.25) is 14.5 Å². The molecule has 6 heteroatoms. The van der Waals surface area contributed by atoms with Crippen molar-refractivity contribution >= 4 is 17.9 Å². The molecular weight excluding hydrogens is 332 g/mol. The summed E-state index contributed by atoms with van der Waals surface area (Å²) in [5, 5.41) is 0. The van der Waals surface area contributed by atoms with Gasteiger partial charge in [0.1, 0.15) is 5.60 Å². The fourth-order valence-corrected chi connectivity index (χ4v) is 3.73. The summed E-state index contributed by atoms with van der Waals surface area (Å²) in [6, 6.07) is 6.93. The summed E-state index contributed by atoms with van der Waals surface area (Å²) < 4.78 is 5.42. The third kappa shape index (κ3) is 3.45. The summed E-state index contributed by atoms with van der Waals surface area (Å²) >= 11 is 0. The van der Waals surface area contributed by atoms with Gasteiger partial charge in [-0.05, 0) is 58.6 Å². The van der Waals surface area contributed by atoms with E-state index in [-0.39, 0.29) is 30.0 Å². The summed E-state index contributed by atoms with van der Waals surface area (Å²) in [6.45, 7) is 5.54. The Bertz CT molecular complexity index is 695. The lowest BCUT2D eigenvalue weighted by Gasteiger charge is -2.37. The molecule has 0 unspecified atom stereocenters. The van der Waals surface area contributed by atoms with E-state index in [1.165, 1.54) is 4.90 Å². The highest BCUT2D eigenvalue weighted by Gasteiger charge is 2.41. The van der Waals surface area contributed by atoms with Gasteiger partial charge in [0.15, 0.2) is 0 Å². The lowest BCUT2D eigenvalue weighted by Crippen LogP contribution is -2.47. The fraction of sp³-hybridized carbons (Fsp3) is 0.550. The first-order valence-electron chi connectivity index (χ1n) is 9.12. The average Bonchev–Trinajstić information content (AvgIpc) is 2.84. The van der Waals surface area contributed by atoms with Crippen LogP contribution in [0.4, 0.5) is 4.79 Å². The maximum absolute atomic E-state index is 12.6. The van der Waals surface area contributed by atoms with Gasteiger partial charge < -0.3 is 9.64 Å². The average molecular weight is 358 g/mol. The zero-order chi connectivity index (χ0) is 19.1. The van der Waals surface area contributed by atoms with Gasteiger partial charge in [-0.25, -0.2) is 4.79 Å². The molecule has 1 saturated carbocycles. The summed E-state index contributed by atoms with van der Waals surface area (Å²) in [6.07, 6.45) is 2.55. The molecule has 0 aromatic heterocycles. The third-order valence-corrected chi connectivity index (χ3v) is 5.09. The molecule has 0 atom stereocenters. The molecule has 1 aliphatic carbocycles. The molecule has 0 bridgehead atoms. The Morgan fingerprint density at radius 1 is 1.04 bits per heavy atom. The third-order valence-electron chi connectivity index (χ3n) is 5.09. The van der Waals surface area contributed by atoms with E-state index >= 15 is 0 Å². The molecule has 1 aromatic rings. The summed E-state index contributed by atoms with van der Waals surface area (Å²) in [4.78, 5) is 40.5. The maximum Gasteiger partial charge on any atom is 0.410 e. The Labute approximate surface area is 154 Å². The number of rotatable bonds is 2. The zero-order valence-electron chi connectivity index (χ0n) is 15.8. The highest BCUT2D eigenvalue weighted by molar-refractivity contribution is 6.21. The minimum Gasteiger partial charge on any atom is -0.444 e. The van der Waals surface area contributed by atoms with E-state index in [0.717, 1.165) is 12.8 Å². The molecule has 1 aliphatic heterocycles. The molecule has 1 aromatic carbocycles. The lowest BCUT2D eigenvalue weighted by molar-refractivity contribution is 0.0148. The van der Waals surface area contributed by atoms with Crippen LogP contribution in [0.2, 0.25) is 0 Å². The van der Waals surface area contributed by atoms with E-state index in [1.807, 2.05) is 20.8 Å². The minimum atomic E-state index is -0.525. The van der Waals surface area contributed by atoms with Crippen LogP contribution in [0.15, 0.2) is 24.3 Å². The van der Waals surface area contributed by atoms with Crippen LogP contribution in [-0.4, -0.2) is 52.4 Å². The van der Waals surface area contributed by atoms with Gasteiger partial charge in [-0.2, -0.15) is 0 Å². The van der Waals surface area contributed by atoms with Crippen molar-refractivity contribution in [1.29, 1.82) is 0 Å². The van der Waals surface area contributed by atoms with Gasteiger partial charge in [0.05, 0.1) is 11.1 Å². The van der Waals surface area contributed by atoms with Crippen molar-refractivity contribution in [3.8, 4) is 0 Å². The van der Waals surface area contributed by atoms with Crippen molar-refractivity contribution in [3.05, 3.63) is 35.4 Å². The number of hydrogen-bond acceptors (Lipinski definition) is 4. The fourth-order valence-electron chi connectivity index (χ4n) is 3.73. The Hall–Kier alpha value is -2.37. The van der Waals surface area contributed by atoms with Gasteiger partial charge in [0.25, 0.3) is 11.8 Å². The molecule has 0 N–H and O–H groups in total. The lowest BCUT2D eigenvalue weighted by atomic mass is 9.89. The highest BCUT2D eigenvalue weighted by atomic mass is 16.6. The van der Waals surface area contributed by atoms with E-state index in [4.69, 9.17) is 4.74 Å². The first kappa shape index (κ1) is 18.4. The van der Waals surface area contributed by atoms with E-state index in [1.54, 1.807) is 36.2 Å². The molecule has 1 fully saturated rings. The standard InChI is InChI=1S/C20H26N2O4/c1-20(2,3)26-19(25)21(4)13-9-11-14(12-10-13)22-17(23)15-7-5-6-8-16(15)18(22)24/h5-8,13-14H,9-12H2,1-4H3. The van der Waals surface area contributed by atoms with E-state index in [9.17, 15) is 14.4 Å². The van der Waals surface area contributed by atoms with E-state index < -0.39 is 5.60 Å². The summed E-state index contributed by atoms with van der Waals surface area (Å²) in [5.74, 6) is -0.399. The molecule has 0 radical (unpaired) electrons. The molecule has 0 spiro atoms. The second kappa shape index (κ2) is 6.74. The molecule has 3 amide bonds. The van der Waals surface area contributed by atoms with Crippen LogP contribution in [-0.2, 0) is 4.74 Å². The SMILES string of the molecule is CN(C(=O)OC(C)(C)C)C1CCC(N2C(=O)c3ccccc3C2=O)CC1. The number of carbonyl (C=O) groups is 3. The molecular formula is C20H26N2O4. The number of benzene rings is 1. The molecule has 26 heavy (non-hydrogen) atoms. The Morgan fingerprint density at radius 3 is 2.00 bits per heavy atom. The van der Waals surface area contributed by atoms with Crippen LogP contribution < -0.4 is 0 Å². The number of ether oxygens (including phenoxy) is 1. The molecule has 2 aliphatic rings. The Balaban J connectivity index is 1.62. The zero-order valence-corrected chi connectivity index (χ0v) is 15.8. The highest BCUT2D eigenvalue weighted by Crippen LogP contribution is 2.32. The molecule has 6 nitrogen and oxygen atoms in total. The van der Waals surface area contributed by atoms with E-state index in [0.29, 0.717) is 24.0 Å². The van der Waals surface area contributed by atoms with Gasteiger partial charge in [-0.1, -0.05) is 12.1 Å². The smallest absolute Gasteiger partial charge is 0.410 e. The second-order valence-electron chi connectivity index (χ2n) is 8.08. The summed E-state index contributed by atoms with van der Waals surface area (Å²) in [7, 11) is 1.75. The van der Waals surface area contributed by atoms with Gasteiger partial charge in [-0.15, -0.1) is 0 Å². The largest absolute Gasteiger partial charge is 0.444 e. The quantitative estimate of drug-likeness (QED) is 0.760. The Morgan fingerprint density at radius 2 is 1.54 bits per heavy atom. The maximum atomic E-state index is 12.6. The van der Waals surface area contributed by atoms with Gasteiger partial charge in [0.2, 0.25) is 0 Å².